The van der Waals surface area contributed by atoms with Gasteiger partial charge in [0.2, 0.25) is 5.91 Å². The van der Waals surface area contributed by atoms with Gasteiger partial charge in [0, 0.05) is 17.7 Å². The molecule has 0 aliphatic heterocycles. The Labute approximate surface area is 136 Å². The van der Waals surface area contributed by atoms with Crippen molar-refractivity contribution in [3.05, 3.63) is 35.9 Å². The SMILES string of the molecule is C=CCc1cc(C(=O)NCC(=O)NCCC)cc(OC)c1OC. The molecule has 0 aromatic heterocycles. The summed E-state index contributed by atoms with van der Waals surface area (Å²) >= 11 is 0. The fraction of sp³-hybridized carbons (Fsp3) is 0.412. The van der Waals surface area contributed by atoms with E-state index in [1.54, 1.807) is 25.3 Å². The van der Waals surface area contributed by atoms with E-state index in [-0.39, 0.29) is 18.4 Å². The highest BCUT2D eigenvalue weighted by molar-refractivity contribution is 5.97. The van der Waals surface area contributed by atoms with Gasteiger partial charge in [0.15, 0.2) is 11.5 Å². The minimum absolute atomic E-state index is 0.0655. The Morgan fingerprint density at radius 3 is 2.52 bits per heavy atom. The predicted molar refractivity (Wildman–Crippen MR) is 89.1 cm³/mol. The molecule has 0 saturated carbocycles. The monoisotopic (exact) mass is 320 g/mol. The lowest BCUT2D eigenvalue weighted by Crippen LogP contribution is -2.37. The van der Waals surface area contributed by atoms with Crippen molar-refractivity contribution in [1.29, 1.82) is 0 Å². The van der Waals surface area contributed by atoms with Gasteiger partial charge >= 0.3 is 0 Å². The molecule has 2 N–H and O–H groups in total. The molecule has 23 heavy (non-hydrogen) atoms. The lowest BCUT2D eigenvalue weighted by Gasteiger charge is -2.14. The van der Waals surface area contributed by atoms with Crippen LogP contribution in [-0.4, -0.2) is 39.1 Å². The summed E-state index contributed by atoms with van der Waals surface area (Å²) in [4.78, 5) is 23.8. The molecule has 0 fully saturated rings. The summed E-state index contributed by atoms with van der Waals surface area (Å²) in [5.74, 6) is 0.479. The van der Waals surface area contributed by atoms with Crippen molar-refractivity contribution in [3.63, 3.8) is 0 Å². The van der Waals surface area contributed by atoms with E-state index in [1.165, 1.54) is 7.11 Å². The molecular weight excluding hydrogens is 296 g/mol. The van der Waals surface area contributed by atoms with Gasteiger partial charge in [-0.25, -0.2) is 0 Å². The number of hydrogen-bond donors (Lipinski definition) is 2. The van der Waals surface area contributed by atoms with Gasteiger partial charge in [0.25, 0.3) is 5.91 Å². The van der Waals surface area contributed by atoms with Crippen LogP contribution in [0.4, 0.5) is 0 Å². The fourth-order valence-electron chi connectivity index (χ4n) is 2.07. The van der Waals surface area contributed by atoms with E-state index in [0.717, 1.165) is 12.0 Å². The van der Waals surface area contributed by atoms with Crippen LogP contribution in [0.15, 0.2) is 24.8 Å². The average molecular weight is 320 g/mol. The van der Waals surface area contributed by atoms with Crippen LogP contribution in [0.2, 0.25) is 0 Å². The zero-order valence-corrected chi connectivity index (χ0v) is 13.9. The zero-order valence-electron chi connectivity index (χ0n) is 13.9. The molecule has 2 amide bonds. The molecule has 0 spiro atoms. The van der Waals surface area contributed by atoms with Crippen LogP contribution in [0.25, 0.3) is 0 Å². The maximum absolute atomic E-state index is 12.2. The molecular formula is C17H24N2O4. The van der Waals surface area contributed by atoms with Crippen LogP contribution in [0.5, 0.6) is 11.5 Å². The van der Waals surface area contributed by atoms with Crippen molar-refractivity contribution in [1.82, 2.24) is 10.6 Å². The third kappa shape index (κ3) is 5.32. The van der Waals surface area contributed by atoms with Crippen molar-refractivity contribution in [3.8, 4) is 11.5 Å². The Morgan fingerprint density at radius 2 is 1.96 bits per heavy atom. The Kier molecular flexibility index (Phi) is 7.66. The molecule has 0 heterocycles. The summed E-state index contributed by atoms with van der Waals surface area (Å²) in [6.07, 6.45) is 3.11. The topological polar surface area (TPSA) is 76.7 Å². The summed E-state index contributed by atoms with van der Waals surface area (Å²) in [5.41, 5.74) is 1.20. The normalized spacial score (nSPS) is 9.87. The maximum Gasteiger partial charge on any atom is 0.251 e. The minimum atomic E-state index is -0.345. The molecule has 0 saturated heterocycles. The summed E-state index contributed by atoms with van der Waals surface area (Å²) < 4.78 is 10.6. The smallest absolute Gasteiger partial charge is 0.251 e. The zero-order chi connectivity index (χ0) is 17.2. The summed E-state index contributed by atoms with van der Waals surface area (Å²) in [6.45, 7) is 6.19. The number of allylic oxidation sites excluding steroid dienone is 1. The fourth-order valence-corrected chi connectivity index (χ4v) is 2.07. The second-order valence-electron chi connectivity index (χ2n) is 4.90. The second kappa shape index (κ2) is 9.50. The Balaban J connectivity index is 2.89. The van der Waals surface area contributed by atoms with Crippen molar-refractivity contribution in [2.45, 2.75) is 19.8 Å². The molecule has 6 nitrogen and oxygen atoms in total. The Morgan fingerprint density at radius 1 is 1.22 bits per heavy atom. The molecule has 0 aliphatic rings. The number of hydrogen-bond acceptors (Lipinski definition) is 4. The van der Waals surface area contributed by atoms with Gasteiger partial charge in [0.1, 0.15) is 0 Å². The van der Waals surface area contributed by atoms with Crippen LogP contribution in [0.1, 0.15) is 29.3 Å². The van der Waals surface area contributed by atoms with Gasteiger partial charge in [-0.2, -0.15) is 0 Å². The van der Waals surface area contributed by atoms with Crippen molar-refractivity contribution in [2.24, 2.45) is 0 Å². The largest absolute Gasteiger partial charge is 0.493 e. The highest BCUT2D eigenvalue weighted by atomic mass is 16.5. The first-order valence-corrected chi connectivity index (χ1v) is 7.48. The predicted octanol–water partition coefficient (Wildman–Crippen LogP) is 1.69. The van der Waals surface area contributed by atoms with Crippen LogP contribution >= 0.6 is 0 Å². The van der Waals surface area contributed by atoms with E-state index in [2.05, 4.69) is 17.2 Å². The Hall–Kier alpha value is -2.50. The van der Waals surface area contributed by atoms with E-state index in [4.69, 9.17) is 9.47 Å². The molecule has 0 aliphatic carbocycles. The third-order valence-corrected chi connectivity index (χ3v) is 3.16. The number of nitrogens with one attached hydrogen (secondary N) is 2. The van der Waals surface area contributed by atoms with Crippen LogP contribution in [0, 0.1) is 0 Å². The molecule has 1 aromatic rings. The van der Waals surface area contributed by atoms with Crippen molar-refractivity contribution in [2.75, 3.05) is 27.3 Å². The average Bonchev–Trinajstić information content (AvgIpc) is 2.57. The molecule has 1 rings (SSSR count). The standard InChI is InChI=1S/C17H24N2O4/c1-5-7-12-9-13(10-14(22-3)16(12)23-4)17(21)19-11-15(20)18-8-6-2/h5,9-10H,1,6-8,11H2,2-4H3,(H,18,20)(H,19,21). The number of ether oxygens (including phenoxy) is 2. The van der Waals surface area contributed by atoms with Crippen LogP contribution in [-0.2, 0) is 11.2 Å². The molecule has 0 atom stereocenters. The summed E-state index contributed by atoms with van der Waals surface area (Å²) in [6, 6.07) is 3.30. The van der Waals surface area contributed by atoms with E-state index in [1.807, 2.05) is 6.92 Å². The first kappa shape index (κ1) is 18.5. The number of carbonyl (C=O) groups excluding carboxylic acids is 2. The quantitative estimate of drug-likeness (QED) is 0.679. The van der Waals surface area contributed by atoms with Gasteiger partial charge in [-0.15, -0.1) is 6.58 Å². The molecule has 1 aromatic carbocycles. The first-order chi connectivity index (χ1) is 11.1. The van der Waals surface area contributed by atoms with Gasteiger partial charge in [0.05, 0.1) is 20.8 Å². The Bertz CT molecular complexity index is 570. The lowest BCUT2D eigenvalue weighted by atomic mass is 10.0. The highest BCUT2D eigenvalue weighted by Gasteiger charge is 2.16. The molecule has 126 valence electrons. The highest BCUT2D eigenvalue weighted by Crippen LogP contribution is 2.33. The third-order valence-electron chi connectivity index (χ3n) is 3.16. The molecule has 0 unspecified atom stereocenters. The van der Waals surface area contributed by atoms with Gasteiger partial charge in [-0.05, 0) is 25.0 Å². The molecule has 0 radical (unpaired) electrons. The summed E-state index contributed by atoms with van der Waals surface area (Å²) in [5, 5.41) is 5.29. The summed E-state index contributed by atoms with van der Waals surface area (Å²) in [7, 11) is 3.05. The number of benzene rings is 1. The van der Waals surface area contributed by atoms with Crippen molar-refractivity contribution >= 4 is 11.8 Å². The lowest BCUT2D eigenvalue weighted by molar-refractivity contribution is -0.120. The van der Waals surface area contributed by atoms with Crippen molar-refractivity contribution < 1.29 is 19.1 Å². The number of methoxy groups -OCH3 is 2. The maximum atomic E-state index is 12.2. The van der Waals surface area contributed by atoms with E-state index in [9.17, 15) is 9.59 Å². The van der Waals surface area contributed by atoms with Crippen LogP contribution in [0.3, 0.4) is 0 Å². The minimum Gasteiger partial charge on any atom is -0.493 e. The molecule has 0 bridgehead atoms. The number of rotatable bonds is 9. The van der Waals surface area contributed by atoms with E-state index in [0.29, 0.717) is 30.0 Å². The number of amides is 2. The molecule has 6 heteroatoms. The van der Waals surface area contributed by atoms with Gasteiger partial charge in [-0.3, -0.25) is 9.59 Å². The van der Waals surface area contributed by atoms with Gasteiger partial charge < -0.3 is 20.1 Å². The number of carbonyl (C=O) groups is 2. The van der Waals surface area contributed by atoms with Gasteiger partial charge in [-0.1, -0.05) is 13.0 Å². The second-order valence-corrected chi connectivity index (χ2v) is 4.90. The van der Waals surface area contributed by atoms with Crippen LogP contribution < -0.4 is 20.1 Å². The van der Waals surface area contributed by atoms with E-state index < -0.39 is 0 Å². The van der Waals surface area contributed by atoms with E-state index >= 15 is 0 Å². The first-order valence-electron chi connectivity index (χ1n) is 7.48.